The number of aliphatic imine (C=N–C) groups is 1. The summed E-state index contributed by atoms with van der Waals surface area (Å²) in [7, 11) is 1.32. The molecule has 2 rings (SSSR count). The minimum absolute atomic E-state index is 0.0315. The van der Waals surface area contributed by atoms with Crippen LogP contribution in [-0.2, 0) is 9.53 Å². The summed E-state index contributed by atoms with van der Waals surface area (Å²) in [5, 5.41) is 0. The zero-order valence-electron chi connectivity index (χ0n) is 12.0. The van der Waals surface area contributed by atoms with Gasteiger partial charge < -0.3 is 4.74 Å². The fraction of sp³-hybridized carbons (Fsp3) is 0.111. The molecule has 3 nitrogen and oxygen atoms in total. The van der Waals surface area contributed by atoms with Crippen molar-refractivity contribution >= 4 is 12.2 Å². The van der Waals surface area contributed by atoms with E-state index < -0.39 is 5.97 Å². The predicted octanol–water partition coefficient (Wildman–Crippen LogP) is 2.82. The molecule has 0 bridgehead atoms. The van der Waals surface area contributed by atoms with Gasteiger partial charge in [-0.2, -0.15) is 0 Å². The standard InChI is InChI=1S/C18H14FNO2/c1-22-18(21)13-20-12-16-5-3-2-4-15(16)9-6-14-7-10-17(19)11-8-14/h2-5,7-8,10-12H,13H2,1H3. The summed E-state index contributed by atoms with van der Waals surface area (Å²) in [6.07, 6.45) is 1.59. The first-order chi connectivity index (χ1) is 10.7. The monoisotopic (exact) mass is 295 g/mol. The molecule has 0 fully saturated rings. The molecule has 0 radical (unpaired) electrons. The second-order valence-electron chi connectivity index (χ2n) is 4.39. The predicted molar refractivity (Wildman–Crippen MR) is 83.3 cm³/mol. The lowest BCUT2D eigenvalue weighted by atomic mass is 10.1. The van der Waals surface area contributed by atoms with Gasteiger partial charge in [-0.1, -0.05) is 30.0 Å². The lowest BCUT2D eigenvalue weighted by molar-refractivity contribution is -0.138. The highest BCUT2D eigenvalue weighted by Gasteiger charge is 1.98. The molecule has 2 aromatic carbocycles. The number of methoxy groups -OCH3 is 1. The molecule has 0 aliphatic heterocycles. The van der Waals surface area contributed by atoms with Crippen LogP contribution in [0.5, 0.6) is 0 Å². The first kappa shape index (κ1) is 15.5. The Morgan fingerprint density at radius 1 is 1.18 bits per heavy atom. The zero-order valence-corrected chi connectivity index (χ0v) is 12.0. The molecule has 0 aliphatic rings. The van der Waals surface area contributed by atoms with Gasteiger partial charge in [0, 0.05) is 22.9 Å². The van der Waals surface area contributed by atoms with E-state index in [0.717, 1.165) is 16.7 Å². The highest BCUT2D eigenvalue weighted by atomic mass is 19.1. The molecule has 0 spiro atoms. The largest absolute Gasteiger partial charge is 0.468 e. The molecule has 0 aliphatic carbocycles. The molecule has 0 aromatic heterocycles. The SMILES string of the molecule is COC(=O)CN=Cc1ccccc1C#Cc1ccc(F)cc1. The van der Waals surface area contributed by atoms with Crippen molar-refractivity contribution in [2.75, 3.05) is 13.7 Å². The van der Waals surface area contributed by atoms with Crippen LogP contribution in [0.4, 0.5) is 4.39 Å². The van der Waals surface area contributed by atoms with Gasteiger partial charge in [0.2, 0.25) is 0 Å². The van der Waals surface area contributed by atoms with E-state index in [9.17, 15) is 9.18 Å². The van der Waals surface area contributed by atoms with Crippen LogP contribution in [0.2, 0.25) is 0 Å². The summed E-state index contributed by atoms with van der Waals surface area (Å²) in [6.45, 7) is -0.0315. The highest BCUT2D eigenvalue weighted by molar-refractivity contribution is 5.85. The molecule has 0 unspecified atom stereocenters. The number of rotatable bonds is 3. The number of nitrogens with zero attached hydrogens (tertiary/aromatic N) is 1. The summed E-state index contributed by atoms with van der Waals surface area (Å²) >= 11 is 0. The van der Waals surface area contributed by atoms with Gasteiger partial charge in [-0.05, 0) is 30.3 Å². The van der Waals surface area contributed by atoms with E-state index in [0.29, 0.717) is 0 Å². The second kappa shape index (κ2) is 7.75. The van der Waals surface area contributed by atoms with Crippen molar-refractivity contribution in [2.45, 2.75) is 0 Å². The average Bonchev–Trinajstić information content (AvgIpc) is 2.55. The molecule has 0 amide bonds. The van der Waals surface area contributed by atoms with Crippen molar-refractivity contribution in [3.8, 4) is 11.8 Å². The third kappa shape index (κ3) is 4.57. The van der Waals surface area contributed by atoms with E-state index in [2.05, 4.69) is 21.6 Å². The third-order valence-electron chi connectivity index (χ3n) is 2.82. The second-order valence-corrected chi connectivity index (χ2v) is 4.39. The minimum atomic E-state index is -0.397. The van der Waals surface area contributed by atoms with Crippen LogP contribution in [0.25, 0.3) is 0 Å². The van der Waals surface area contributed by atoms with Gasteiger partial charge in [0.05, 0.1) is 7.11 Å². The number of carbonyl (C=O) groups is 1. The number of carbonyl (C=O) groups excluding carboxylic acids is 1. The Bertz CT molecular complexity index is 740. The summed E-state index contributed by atoms with van der Waals surface area (Å²) in [4.78, 5) is 15.1. The van der Waals surface area contributed by atoms with Gasteiger partial charge in [-0.25, -0.2) is 4.39 Å². The normalized spacial score (nSPS) is 10.1. The smallest absolute Gasteiger partial charge is 0.327 e. The van der Waals surface area contributed by atoms with Crippen molar-refractivity contribution in [1.29, 1.82) is 0 Å². The average molecular weight is 295 g/mol. The third-order valence-corrected chi connectivity index (χ3v) is 2.82. The maximum Gasteiger partial charge on any atom is 0.327 e. The Kier molecular flexibility index (Phi) is 5.44. The van der Waals surface area contributed by atoms with Crippen LogP contribution in [0, 0.1) is 17.7 Å². The molecule has 0 saturated heterocycles. The van der Waals surface area contributed by atoms with E-state index in [1.807, 2.05) is 24.3 Å². The van der Waals surface area contributed by atoms with Crippen molar-refractivity contribution in [2.24, 2.45) is 4.99 Å². The number of halogens is 1. The molecule has 4 heteroatoms. The molecule has 0 atom stereocenters. The molecular formula is C18H14FNO2. The Morgan fingerprint density at radius 2 is 1.91 bits per heavy atom. The maximum atomic E-state index is 12.8. The van der Waals surface area contributed by atoms with Crippen LogP contribution in [-0.4, -0.2) is 25.8 Å². The highest BCUT2D eigenvalue weighted by Crippen LogP contribution is 2.06. The quantitative estimate of drug-likeness (QED) is 0.496. The summed E-state index contributed by atoms with van der Waals surface area (Å²) in [5.74, 6) is 5.30. The molecule has 2 aromatic rings. The van der Waals surface area contributed by atoms with Gasteiger partial charge in [-0.3, -0.25) is 9.79 Å². The van der Waals surface area contributed by atoms with E-state index in [1.165, 1.54) is 19.2 Å². The molecule has 0 N–H and O–H groups in total. The van der Waals surface area contributed by atoms with Crippen molar-refractivity contribution in [3.05, 3.63) is 71.0 Å². The van der Waals surface area contributed by atoms with E-state index in [1.54, 1.807) is 18.3 Å². The lowest BCUT2D eigenvalue weighted by Crippen LogP contribution is -2.04. The van der Waals surface area contributed by atoms with Crippen LogP contribution in [0.3, 0.4) is 0 Å². The van der Waals surface area contributed by atoms with Crippen molar-refractivity contribution in [3.63, 3.8) is 0 Å². The van der Waals surface area contributed by atoms with Gasteiger partial charge in [-0.15, -0.1) is 0 Å². The fourth-order valence-corrected chi connectivity index (χ4v) is 1.68. The van der Waals surface area contributed by atoms with Crippen LogP contribution >= 0.6 is 0 Å². The van der Waals surface area contributed by atoms with E-state index in [4.69, 9.17) is 0 Å². The molecule has 110 valence electrons. The topological polar surface area (TPSA) is 38.7 Å². The van der Waals surface area contributed by atoms with Crippen LogP contribution < -0.4 is 0 Å². The summed E-state index contributed by atoms with van der Waals surface area (Å²) in [6, 6.07) is 13.4. The fourth-order valence-electron chi connectivity index (χ4n) is 1.68. The number of hydrogen-bond donors (Lipinski definition) is 0. The van der Waals surface area contributed by atoms with Crippen molar-refractivity contribution < 1.29 is 13.9 Å². The van der Waals surface area contributed by atoms with Gasteiger partial charge in [0.1, 0.15) is 12.4 Å². The first-order valence-electron chi connectivity index (χ1n) is 6.62. The summed E-state index contributed by atoms with van der Waals surface area (Å²) < 4.78 is 17.4. The molecule has 22 heavy (non-hydrogen) atoms. The maximum absolute atomic E-state index is 12.8. The minimum Gasteiger partial charge on any atom is -0.468 e. The first-order valence-corrected chi connectivity index (χ1v) is 6.62. The van der Waals surface area contributed by atoms with Crippen LogP contribution in [0.15, 0.2) is 53.5 Å². The van der Waals surface area contributed by atoms with E-state index >= 15 is 0 Å². The lowest BCUT2D eigenvalue weighted by Gasteiger charge is -1.98. The zero-order chi connectivity index (χ0) is 15.8. The van der Waals surface area contributed by atoms with Gasteiger partial charge in [0.15, 0.2) is 0 Å². The Balaban J connectivity index is 2.18. The number of benzene rings is 2. The van der Waals surface area contributed by atoms with Crippen molar-refractivity contribution in [1.82, 2.24) is 0 Å². The van der Waals surface area contributed by atoms with Gasteiger partial charge in [0.25, 0.3) is 0 Å². The molecule has 0 saturated carbocycles. The number of esters is 1. The van der Waals surface area contributed by atoms with Gasteiger partial charge >= 0.3 is 5.97 Å². The van der Waals surface area contributed by atoms with Crippen LogP contribution in [0.1, 0.15) is 16.7 Å². The molecule has 0 heterocycles. The number of hydrogen-bond acceptors (Lipinski definition) is 3. The Morgan fingerprint density at radius 3 is 2.64 bits per heavy atom. The van der Waals surface area contributed by atoms with E-state index in [-0.39, 0.29) is 12.4 Å². The number of ether oxygens (including phenoxy) is 1. The molecular weight excluding hydrogens is 281 g/mol. The Labute approximate surface area is 128 Å². The Hall–Kier alpha value is -2.93. The summed E-state index contributed by atoms with van der Waals surface area (Å²) in [5.41, 5.74) is 2.31.